The zero-order chi connectivity index (χ0) is 13.2. The number of benzene rings is 1. The van der Waals surface area contributed by atoms with E-state index >= 15 is 0 Å². The second kappa shape index (κ2) is 4.85. The molecule has 0 atom stereocenters. The summed E-state index contributed by atoms with van der Waals surface area (Å²) in [5.74, 6) is 1.02. The zero-order valence-electron chi connectivity index (χ0n) is 11.0. The minimum Gasteiger partial charge on any atom is -0.327 e. The maximum Gasteiger partial charge on any atom is 0.131 e. The smallest absolute Gasteiger partial charge is 0.131 e. The molecule has 0 aliphatic rings. The van der Waals surface area contributed by atoms with Crippen molar-refractivity contribution in [2.24, 2.45) is 5.73 Å². The van der Waals surface area contributed by atoms with Crippen LogP contribution < -0.4 is 5.73 Å². The maximum atomic E-state index is 5.68. The molecule has 3 aromatic rings. The summed E-state index contributed by atoms with van der Waals surface area (Å²) in [6, 6.07) is 8.15. The van der Waals surface area contributed by atoms with E-state index in [-0.39, 0.29) is 0 Å². The fraction of sp³-hybridized carbons (Fsp3) is 0.286. The molecule has 1 aromatic carbocycles. The molecule has 0 amide bonds. The van der Waals surface area contributed by atoms with E-state index in [0.29, 0.717) is 13.1 Å². The van der Waals surface area contributed by atoms with E-state index in [1.54, 1.807) is 6.20 Å². The molecule has 0 saturated carbocycles. The van der Waals surface area contributed by atoms with E-state index in [0.717, 1.165) is 29.0 Å². The highest BCUT2D eigenvalue weighted by molar-refractivity contribution is 5.77. The lowest BCUT2D eigenvalue weighted by atomic mass is 10.2. The Balaban J connectivity index is 2.08. The van der Waals surface area contributed by atoms with E-state index in [1.807, 2.05) is 16.9 Å². The first-order chi connectivity index (χ1) is 9.31. The molecular formula is C14H17N5. The minimum absolute atomic E-state index is 0.545. The van der Waals surface area contributed by atoms with Gasteiger partial charge in [-0.2, -0.15) is 5.10 Å². The molecule has 0 fully saturated rings. The highest BCUT2D eigenvalue weighted by atomic mass is 15.3. The van der Waals surface area contributed by atoms with Crippen molar-refractivity contribution in [2.45, 2.75) is 26.6 Å². The molecule has 0 aliphatic carbocycles. The Kier molecular flexibility index (Phi) is 3.05. The predicted octanol–water partition coefficient (Wildman–Crippen LogP) is 1.76. The van der Waals surface area contributed by atoms with Crippen LogP contribution >= 0.6 is 0 Å². The van der Waals surface area contributed by atoms with Gasteiger partial charge in [0.25, 0.3) is 0 Å². The molecule has 98 valence electrons. The second-order valence-corrected chi connectivity index (χ2v) is 4.50. The fourth-order valence-electron chi connectivity index (χ4n) is 2.36. The number of nitrogens with zero attached hydrogens (tertiary/aromatic N) is 4. The summed E-state index contributed by atoms with van der Waals surface area (Å²) in [6.07, 6.45) is 3.73. The third-order valence-electron chi connectivity index (χ3n) is 3.31. The quantitative estimate of drug-likeness (QED) is 0.772. The first-order valence-electron chi connectivity index (χ1n) is 6.47. The lowest BCUT2D eigenvalue weighted by molar-refractivity contribution is 0.614. The number of hydrogen-bond acceptors (Lipinski definition) is 3. The molecule has 0 spiro atoms. The van der Waals surface area contributed by atoms with Crippen molar-refractivity contribution in [2.75, 3.05) is 0 Å². The van der Waals surface area contributed by atoms with Gasteiger partial charge in [0, 0.05) is 25.5 Å². The van der Waals surface area contributed by atoms with E-state index in [2.05, 4.69) is 34.8 Å². The van der Waals surface area contributed by atoms with Crippen LogP contribution in [0.15, 0.2) is 36.7 Å². The third kappa shape index (κ3) is 2.13. The molecule has 5 heteroatoms. The van der Waals surface area contributed by atoms with Gasteiger partial charge in [0.2, 0.25) is 0 Å². The molecule has 5 nitrogen and oxygen atoms in total. The summed E-state index contributed by atoms with van der Waals surface area (Å²) in [5, 5.41) is 4.23. The van der Waals surface area contributed by atoms with Crippen LogP contribution in [0.25, 0.3) is 11.0 Å². The van der Waals surface area contributed by atoms with Gasteiger partial charge in [-0.1, -0.05) is 6.07 Å². The van der Waals surface area contributed by atoms with Gasteiger partial charge in [0.15, 0.2) is 0 Å². The van der Waals surface area contributed by atoms with Gasteiger partial charge in [-0.05, 0) is 30.7 Å². The summed E-state index contributed by atoms with van der Waals surface area (Å²) in [7, 11) is 0. The average Bonchev–Trinajstić information content (AvgIpc) is 3.05. The van der Waals surface area contributed by atoms with Crippen LogP contribution in [0.2, 0.25) is 0 Å². The number of hydrogen-bond donors (Lipinski definition) is 1. The second-order valence-electron chi connectivity index (χ2n) is 4.50. The molecule has 0 aliphatic heterocycles. The molecule has 0 unspecified atom stereocenters. The monoisotopic (exact) mass is 255 g/mol. The summed E-state index contributed by atoms with van der Waals surface area (Å²) in [5.41, 5.74) is 8.95. The standard InChI is InChI=1S/C14H17N5/c1-2-19-13-5-4-11(9-15)8-12(13)17-14(19)10-18-7-3-6-16-18/h3-8H,2,9-10,15H2,1H3. The molecule has 2 heterocycles. The van der Waals surface area contributed by atoms with Crippen LogP contribution in [0.5, 0.6) is 0 Å². The van der Waals surface area contributed by atoms with Crippen LogP contribution in [-0.2, 0) is 19.6 Å². The van der Waals surface area contributed by atoms with Crippen LogP contribution in [0, 0.1) is 0 Å². The molecule has 0 saturated heterocycles. The van der Waals surface area contributed by atoms with Crippen LogP contribution in [0.3, 0.4) is 0 Å². The minimum atomic E-state index is 0.545. The molecule has 2 N–H and O–H groups in total. The number of aryl methyl sites for hydroxylation is 1. The average molecular weight is 255 g/mol. The number of rotatable bonds is 4. The Morgan fingerprint density at radius 3 is 2.89 bits per heavy atom. The maximum absolute atomic E-state index is 5.68. The highest BCUT2D eigenvalue weighted by Crippen LogP contribution is 2.18. The van der Waals surface area contributed by atoms with Crippen molar-refractivity contribution in [3.05, 3.63) is 48.0 Å². The first kappa shape index (κ1) is 11.9. The summed E-state index contributed by atoms with van der Waals surface area (Å²) in [6.45, 7) is 4.26. The Labute approximate surface area is 111 Å². The molecule has 0 radical (unpaired) electrons. The molecule has 3 rings (SSSR count). The topological polar surface area (TPSA) is 61.7 Å². The van der Waals surface area contributed by atoms with E-state index in [1.165, 1.54) is 0 Å². The number of nitrogens with two attached hydrogens (primary N) is 1. The molecular weight excluding hydrogens is 238 g/mol. The van der Waals surface area contributed by atoms with Crippen molar-refractivity contribution >= 4 is 11.0 Å². The van der Waals surface area contributed by atoms with Gasteiger partial charge >= 0.3 is 0 Å². The van der Waals surface area contributed by atoms with E-state index in [9.17, 15) is 0 Å². The molecule has 0 bridgehead atoms. The van der Waals surface area contributed by atoms with Crippen molar-refractivity contribution < 1.29 is 0 Å². The largest absolute Gasteiger partial charge is 0.327 e. The van der Waals surface area contributed by atoms with Gasteiger partial charge in [-0.15, -0.1) is 0 Å². The summed E-state index contributed by atoms with van der Waals surface area (Å²) in [4.78, 5) is 4.71. The lowest BCUT2D eigenvalue weighted by Gasteiger charge is -2.06. The van der Waals surface area contributed by atoms with Gasteiger partial charge in [-0.3, -0.25) is 4.68 Å². The fourth-order valence-corrected chi connectivity index (χ4v) is 2.36. The lowest BCUT2D eigenvalue weighted by Crippen LogP contribution is -2.08. The number of imidazole rings is 1. The van der Waals surface area contributed by atoms with Gasteiger partial charge < -0.3 is 10.3 Å². The molecule has 2 aromatic heterocycles. The van der Waals surface area contributed by atoms with Crippen molar-refractivity contribution in [1.29, 1.82) is 0 Å². The van der Waals surface area contributed by atoms with Gasteiger partial charge in [0.05, 0.1) is 17.6 Å². The SMILES string of the molecule is CCn1c(Cn2cccn2)nc2cc(CN)ccc21. The Bertz CT molecular complexity index is 681. The number of aromatic nitrogens is 4. The van der Waals surface area contributed by atoms with Crippen molar-refractivity contribution in [3.8, 4) is 0 Å². The van der Waals surface area contributed by atoms with Crippen LogP contribution in [0.1, 0.15) is 18.3 Å². The molecule has 19 heavy (non-hydrogen) atoms. The van der Waals surface area contributed by atoms with Gasteiger partial charge in [0.1, 0.15) is 5.82 Å². The van der Waals surface area contributed by atoms with Crippen molar-refractivity contribution in [3.63, 3.8) is 0 Å². The Morgan fingerprint density at radius 2 is 2.21 bits per heavy atom. The first-order valence-corrected chi connectivity index (χ1v) is 6.47. The normalized spacial score (nSPS) is 11.3. The Morgan fingerprint density at radius 1 is 1.32 bits per heavy atom. The van der Waals surface area contributed by atoms with Crippen molar-refractivity contribution in [1.82, 2.24) is 19.3 Å². The van der Waals surface area contributed by atoms with E-state index < -0.39 is 0 Å². The zero-order valence-corrected chi connectivity index (χ0v) is 11.0. The highest BCUT2D eigenvalue weighted by Gasteiger charge is 2.10. The number of fused-ring (bicyclic) bond motifs is 1. The summed E-state index contributed by atoms with van der Waals surface area (Å²) >= 11 is 0. The van der Waals surface area contributed by atoms with Gasteiger partial charge in [-0.25, -0.2) is 4.98 Å². The van der Waals surface area contributed by atoms with Crippen LogP contribution in [0.4, 0.5) is 0 Å². The summed E-state index contributed by atoms with van der Waals surface area (Å²) < 4.78 is 4.11. The van der Waals surface area contributed by atoms with E-state index in [4.69, 9.17) is 10.7 Å². The Hall–Kier alpha value is -2.14. The van der Waals surface area contributed by atoms with Crippen LogP contribution in [-0.4, -0.2) is 19.3 Å². The third-order valence-corrected chi connectivity index (χ3v) is 3.31. The predicted molar refractivity (Wildman–Crippen MR) is 74.6 cm³/mol.